The van der Waals surface area contributed by atoms with E-state index in [1.165, 1.54) is 398 Å². The van der Waals surface area contributed by atoms with Crippen molar-refractivity contribution in [1.29, 1.82) is 0 Å². The fraction of sp³-hybridized carbons (Fsp3) is 0.951. The lowest BCUT2D eigenvalue weighted by molar-refractivity contribution is -0.143. The molecular formula is C82H161NO5. The third kappa shape index (κ3) is 73.6. The fourth-order valence-corrected chi connectivity index (χ4v) is 13.3. The minimum absolute atomic E-state index is 0.0166. The predicted octanol–water partition coefficient (Wildman–Crippen LogP) is 27.1. The zero-order chi connectivity index (χ0) is 63.5. The maximum Gasteiger partial charge on any atom is 0.305 e. The Morgan fingerprint density at radius 2 is 0.534 bits per heavy atom. The Hall–Kier alpha value is -1.40. The number of allylic oxidation sites excluding steroid dienone is 2. The van der Waals surface area contributed by atoms with Crippen molar-refractivity contribution in [1.82, 2.24) is 5.32 Å². The molecule has 0 aromatic carbocycles. The summed E-state index contributed by atoms with van der Waals surface area (Å²) in [5, 5.41) is 23.4. The van der Waals surface area contributed by atoms with Crippen LogP contribution in [0.5, 0.6) is 0 Å². The molecule has 6 heteroatoms. The first kappa shape index (κ1) is 86.6. The molecule has 0 aliphatic heterocycles. The van der Waals surface area contributed by atoms with E-state index in [1.807, 2.05) is 0 Å². The Morgan fingerprint density at radius 1 is 0.307 bits per heavy atom. The van der Waals surface area contributed by atoms with E-state index < -0.39 is 12.1 Å². The van der Waals surface area contributed by atoms with Gasteiger partial charge in [0.05, 0.1) is 25.4 Å². The highest BCUT2D eigenvalue weighted by Gasteiger charge is 2.20. The third-order valence-corrected chi connectivity index (χ3v) is 19.6. The van der Waals surface area contributed by atoms with Crippen LogP contribution in [0.15, 0.2) is 12.2 Å². The van der Waals surface area contributed by atoms with Crippen LogP contribution in [0.3, 0.4) is 0 Å². The molecule has 88 heavy (non-hydrogen) atoms. The molecule has 0 bridgehead atoms. The van der Waals surface area contributed by atoms with Gasteiger partial charge in [-0.3, -0.25) is 9.59 Å². The highest BCUT2D eigenvalue weighted by atomic mass is 16.5. The molecule has 0 aliphatic carbocycles. The van der Waals surface area contributed by atoms with E-state index in [0.717, 1.165) is 44.9 Å². The topological polar surface area (TPSA) is 95.9 Å². The Kier molecular flexibility index (Phi) is 76.8. The van der Waals surface area contributed by atoms with Crippen LogP contribution >= 0.6 is 0 Å². The summed E-state index contributed by atoms with van der Waals surface area (Å²) in [4.78, 5) is 24.6. The first-order valence-electron chi connectivity index (χ1n) is 40.9. The highest BCUT2D eigenvalue weighted by molar-refractivity contribution is 5.76. The van der Waals surface area contributed by atoms with Gasteiger partial charge in [-0.25, -0.2) is 0 Å². The van der Waals surface area contributed by atoms with Crippen molar-refractivity contribution < 1.29 is 24.5 Å². The van der Waals surface area contributed by atoms with Crippen molar-refractivity contribution in [3.05, 3.63) is 12.2 Å². The predicted molar refractivity (Wildman–Crippen MR) is 389 cm³/mol. The number of aliphatic hydroxyl groups is 2. The van der Waals surface area contributed by atoms with Gasteiger partial charge in [0.15, 0.2) is 0 Å². The van der Waals surface area contributed by atoms with Crippen LogP contribution in [-0.2, 0) is 14.3 Å². The summed E-state index contributed by atoms with van der Waals surface area (Å²) in [5.74, 6) is -0.00724. The highest BCUT2D eigenvalue weighted by Crippen LogP contribution is 2.21. The first-order chi connectivity index (χ1) is 43.5. The van der Waals surface area contributed by atoms with Gasteiger partial charge in [0.2, 0.25) is 5.91 Å². The second kappa shape index (κ2) is 78.0. The van der Waals surface area contributed by atoms with Gasteiger partial charge in [-0.05, 0) is 51.4 Å². The Balaban J connectivity index is 3.30. The van der Waals surface area contributed by atoms with Crippen molar-refractivity contribution in [3.8, 4) is 0 Å². The Morgan fingerprint density at radius 3 is 0.807 bits per heavy atom. The van der Waals surface area contributed by atoms with Gasteiger partial charge in [-0.1, -0.05) is 424 Å². The summed E-state index contributed by atoms with van der Waals surface area (Å²) in [6.45, 7) is 5.00. The number of esters is 1. The minimum atomic E-state index is -0.660. The average molecular weight is 1240 g/mol. The Bertz CT molecular complexity index is 1340. The number of carbonyl (C=O) groups excluding carboxylic acids is 2. The zero-order valence-corrected chi connectivity index (χ0v) is 60.3. The number of aliphatic hydroxyl groups excluding tert-OH is 2. The van der Waals surface area contributed by atoms with Crippen LogP contribution < -0.4 is 5.32 Å². The zero-order valence-electron chi connectivity index (χ0n) is 60.3. The van der Waals surface area contributed by atoms with Gasteiger partial charge < -0.3 is 20.3 Å². The van der Waals surface area contributed by atoms with E-state index in [0.29, 0.717) is 25.9 Å². The van der Waals surface area contributed by atoms with Crippen molar-refractivity contribution in [2.75, 3.05) is 13.2 Å². The maximum atomic E-state index is 12.6. The molecule has 0 aliphatic rings. The normalized spacial score (nSPS) is 12.5. The lowest BCUT2D eigenvalue weighted by Gasteiger charge is -2.22. The number of unbranched alkanes of at least 4 members (excludes halogenated alkanes) is 65. The summed E-state index contributed by atoms with van der Waals surface area (Å²) in [6.07, 6.45) is 99.0. The second-order valence-electron chi connectivity index (χ2n) is 28.5. The molecule has 1 amide bonds. The molecule has 0 spiro atoms. The number of amides is 1. The van der Waals surface area contributed by atoms with Crippen LogP contribution in [0.1, 0.15) is 476 Å². The molecule has 0 fully saturated rings. The SMILES string of the molecule is CCCCCCCC/C=C\CCCCCCCC(=O)OCCCCCCCCCCCCCCCCCCCCCCCCCCCCCCCCCCCCCCCC(=O)NC(CO)C(O)CCCCCCCCCCCCCCCCCCCCC. The van der Waals surface area contributed by atoms with E-state index in [1.54, 1.807) is 0 Å². The third-order valence-electron chi connectivity index (χ3n) is 19.6. The van der Waals surface area contributed by atoms with Crippen molar-refractivity contribution in [3.63, 3.8) is 0 Å². The lowest BCUT2D eigenvalue weighted by Crippen LogP contribution is -2.45. The van der Waals surface area contributed by atoms with Crippen LogP contribution in [0, 0.1) is 0 Å². The minimum Gasteiger partial charge on any atom is -0.466 e. The molecule has 0 saturated heterocycles. The van der Waals surface area contributed by atoms with Crippen molar-refractivity contribution in [2.24, 2.45) is 0 Å². The van der Waals surface area contributed by atoms with Gasteiger partial charge >= 0.3 is 5.97 Å². The molecule has 3 N–H and O–H groups in total. The van der Waals surface area contributed by atoms with Crippen molar-refractivity contribution in [2.45, 2.75) is 488 Å². The van der Waals surface area contributed by atoms with E-state index >= 15 is 0 Å². The molecule has 0 heterocycles. The van der Waals surface area contributed by atoms with Crippen LogP contribution in [0.2, 0.25) is 0 Å². The smallest absolute Gasteiger partial charge is 0.305 e. The summed E-state index contributed by atoms with van der Waals surface area (Å²) >= 11 is 0. The molecule has 2 atom stereocenters. The molecule has 0 radical (unpaired) electrons. The molecule has 0 saturated carbocycles. The quantitative estimate of drug-likeness (QED) is 0.0320. The molecule has 6 nitrogen and oxygen atoms in total. The van der Waals surface area contributed by atoms with Crippen molar-refractivity contribution >= 4 is 11.9 Å². The van der Waals surface area contributed by atoms with Crippen LogP contribution in [0.25, 0.3) is 0 Å². The Labute approximate surface area is 552 Å². The van der Waals surface area contributed by atoms with Gasteiger partial charge in [-0.15, -0.1) is 0 Å². The summed E-state index contributed by atoms with van der Waals surface area (Å²) in [7, 11) is 0. The number of carbonyl (C=O) groups is 2. The molecular weight excluding hydrogens is 1080 g/mol. The van der Waals surface area contributed by atoms with E-state index in [-0.39, 0.29) is 18.5 Å². The van der Waals surface area contributed by atoms with Crippen LogP contribution in [-0.4, -0.2) is 47.4 Å². The monoisotopic (exact) mass is 1240 g/mol. The van der Waals surface area contributed by atoms with Gasteiger partial charge in [0.25, 0.3) is 0 Å². The molecule has 0 rings (SSSR count). The van der Waals surface area contributed by atoms with E-state index in [4.69, 9.17) is 4.74 Å². The first-order valence-corrected chi connectivity index (χ1v) is 40.9. The summed E-state index contributed by atoms with van der Waals surface area (Å²) in [6, 6.07) is -0.537. The fourth-order valence-electron chi connectivity index (χ4n) is 13.3. The summed E-state index contributed by atoms with van der Waals surface area (Å²) in [5.41, 5.74) is 0. The number of rotatable bonds is 78. The average Bonchev–Trinajstić information content (AvgIpc) is 3.60. The molecule has 0 aromatic heterocycles. The number of hydrogen-bond donors (Lipinski definition) is 3. The number of nitrogens with one attached hydrogen (secondary N) is 1. The van der Waals surface area contributed by atoms with E-state index in [9.17, 15) is 19.8 Å². The largest absolute Gasteiger partial charge is 0.466 e. The van der Waals surface area contributed by atoms with E-state index in [2.05, 4.69) is 31.3 Å². The van der Waals surface area contributed by atoms with Gasteiger partial charge in [-0.2, -0.15) is 0 Å². The maximum absolute atomic E-state index is 12.6. The molecule has 0 aromatic rings. The summed E-state index contributed by atoms with van der Waals surface area (Å²) < 4.78 is 5.50. The molecule has 524 valence electrons. The lowest BCUT2D eigenvalue weighted by atomic mass is 10.0. The standard InChI is InChI=1S/C82H161NO5/c1-3-5-7-9-11-13-15-17-19-20-40-43-47-50-54-58-62-66-70-74-80(85)79(78-84)83-81(86)75-71-67-63-59-55-51-48-44-41-38-36-34-32-30-28-26-24-22-21-23-25-27-29-31-33-35-37-39-42-45-49-53-57-61-65-69-73-77-88-82(87)76-72-68-64-60-56-52-46-18-16-14-12-10-8-6-4-2/h18,46,79-80,84-85H,3-17,19-45,47-78H2,1-2H3,(H,83,86)/b46-18-. The van der Waals surface area contributed by atoms with Gasteiger partial charge in [0, 0.05) is 12.8 Å². The second-order valence-corrected chi connectivity index (χ2v) is 28.5. The van der Waals surface area contributed by atoms with Crippen LogP contribution in [0.4, 0.5) is 0 Å². The number of hydrogen-bond acceptors (Lipinski definition) is 5. The van der Waals surface area contributed by atoms with Gasteiger partial charge in [0.1, 0.15) is 0 Å². The molecule has 2 unspecified atom stereocenters. The number of ether oxygens (including phenoxy) is 1.